The Balaban J connectivity index is 1.87. The Morgan fingerprint density at radius 2 is 1.75 bits per heavy atom. The van der Waals surface area contributed by atoms with Gasteiger partial charge in [0.15, 0.2) is 5.11 Å². The van der Waals surface area contributed by atoms with Gasteiger partial charge in [0.2, 0.25) is 0 Å². The van der Waals surface area contributed by atoms with E-state index >= 15 is 0 Å². The summed E-state index contributed by atoms with van der Waals surface area (Å²) in [6, 6.07) is 18.0. The van der Waals surface area contributed by atoms with Crippen molar-refractivity contribution >= 4 is 28.9 Å². The SMILES string of the molecule is C[C@@H](NC(=S)NCc1ccccc1)c1ccccc1Cl. The minimum absolute atomic E-state index is 0.0690. The highest BCUT2D eigenvalue weighted by Gasteiger charge is 2.09. The molecule has 0 spiro atoms. The molecular weight excluding hydrogens is 288 g/mol. The number of benzene rings is 2. The molecule has 0 heterocycles. The van der Waals surface area contributed by atoms with Crippen LogP contribution in [-0.4, -0.2) is 5.11 Å². The summed E-state index contributed by atoms with van der Waals surface area (Å²) in [5, 5.41) is 7.81. The standard InChI is InChI=1S/C16H17ClN2S/c1-12(14-9-5-6-10-15(14)17)19-16(20)18-11-13-7-3-2-4-8-13/h2-10,12H,11H2,1H3,(H2,18,19,20)/t12-/m1/s1. The molecular formula is C16H17ClN2S. The lowest BCUT2D eigenvalue weighted by atomic mass is 10.1. The molecule has 0 saturated heterocycles. The fourth-order valence-electron chi connectivity index (χ4n) is 1.93. The van der Waals surface area contributed by atoms with Gasteiger partial charge in [0.1, 0.15) is 0 Å². The molecule has 0 aromatic heterocycles. The van der Waals surface area contributed by atoms with E-state index in [1.165, 1.54) is 5.56 Å². The lowest BCUT2D eigenvalue weighted by Crippen LogP contribution is -2.36. The van der Waals surface area contributed by atoms with E-state index in [-0.39, 0.29) is 6.04 Å². The van der Waals surface area contributed by atoms with Crippen molar-refractivity contribution in [3.63, 3.8) is 0 Å². The van der Waals surface area contributed by atoms with Crippen LogP contribution in [0.25, 0.3) is 0 Å². The zero-order valence-electron chi connectivity index (χ0n) is 11.3. The van der Waals surface area contributed by atoms with Gasteiger partial charge in [0.25, 0.3) is 0 Å². The molecule has 1 atom stereocenters. The van der Waals surface area contributed by atoms with Crippen LogP contribution >= 0.6 is 23.8 Å². The number of hydrogen-bond acceptors (Lipinski definition) is 1. The van der Waals surface area contributed by atoms with Crippen LogP contribution in [0.1, 0.15) is 24.1 Å². The Hall–Kier alpha value is -1.58. The highest BCUT2D eigenvalue weighted by Crippen LogP contribution is 2.21. The Bertz CT molecular complexity index is 572. The van der Waals surface area contributed by atoms with Crippen LogP contribution in [0.2, 0.25) is 5.02 Å². The summed E-state index contributed by atoms with van der Waals surface area (Å²) in [5.41, 5.74) is 2.24. The second kappa shape index (κ2) is 7.27. The molecule has 2 aromatic carbocycles. The van der Waals surface area contributed by atoms with Crippen molar-refractivity contribution in [1.29, 1.82) is 0 Å². The van der Waals surface area contributed by atoms with Gasteiger partial charge >= 0.3 is 0 Å². The normalized spacial score (nSPS) is 11.7. The van der Waals surface area contributed by atoms with Gasteiger partial charge in [-0.25, -0.2) is 0 Å². The van der Waals surface area contributed by atoms with Gasteiger partial charge in [-0.3, -0.25) is 0 Å². The van der Waals surface area contributed by atoms with Gasteiger partial charge in [0.05, 0.1) is 6.04 Å². The minimum atomic E-state index is 0.0690. The highest BCUT2D eigenvalue weighted by molar-refractivity contribution is 7.80. The Labute approximate surface area is 130 Å². The first-order chi connectivity index (χ1) is 9.66. The Morgan fingerprint density at radius 1 is 1.10 bits per heavy atom. The monoisotopic (exact) mass is 304 g/mol. The first-order valence-corrected chi connectivity index (χ1v) is 7.28. The molecule has 2 N–H and O–H groups in total. The fourth-order valence-corrected chi connectivity index (χ4v) is 2.48. The van der Waals surface area contributed by atoms with Crippen molar-refractivity contribution in [1.82, 2.24) is 10.6 Å². The number of halogens is 1. The molecule has 0 amide bonds. The van der Waals surface area contributed by atoms with Gasteiger partial charge < -0.3 is 10.6 Å². The second-order valence-electron chi connectivity index (χ2n) is 4.56. The van der Waals surface area contributed by atoms with Crippen molar-refractivity contribution in [2.75, 3.05) is 0 Å². The maximum Gasteiger partial charge on any atom is 0.167 e. The largest absolute Gasteiger partial charge is 0.359 e. The van der Waals surface area contributed by atoms with Crippen LogP contribution in [0.3, 0.4) is 0 Å². The molecule has 2 rings (SSSR count). The maximum absolute atomic E-state index is 6.17. The Morgan fingerprint density at radius 3 is 2.45 bits per heavy atom. The van der Waals surface area contributed by atoms with E-state index in [9.17, 15) is 0 Å². The minimum Gasteiger partial charge on any atom is -0.359 e. The third-order valence-corrected chi connectivity index (χ3v) is 3.62. The van der Waals surface area contributed by atoms with E-state index in [0.717, 1.165) is 10.6 Å². The number of hydrogen-bond donors (Lipinski definition) is 2. The molecule has 0 saturated carbocycles. The molecule has 0 radical (unpaired) electrons. The van der Waals surface area contributed by atoms with E-state index in [0.29, 0.717) is 11.7 Å². The highest BCUT2D eigenvalue weighted by atomic mass is 35.5. The van der Waals surface area contributed by atoms with Crippen molar-refractivity contribution in [3.8, 4) is 0 Å². The topological polar surface area (TPSA) is 24.1 Å². The summed E-state index contributed by atoms with van der Waals surface area (Å²) in [5.74, 6) is 0. The zero-order chi connectivity index (χ0) is 14.4. The molecule has 2 nitrogen and oxygen atoms in total. The predicted octanol–water partition coefficient (Wildman–Crippen LogP) is 4.07. The average molecular weight is 305 g/mol. The second-order valence-corrected chi connectivity index (χ2v) is 5.37. The van der Waals surface area contributed by atoms with E-state index in [1.807, 2.05) is 49.4 Å². The van der Waals surface area contributed by atoms with E-state index in [1.54, 1.807) is 0 Å². The molecule has 0 aliphatic carbocycles. The van der Waals surface area contributed by atoms with Crippen LogP contribution in [0.5, 0.6) is 0 Å². The lowest BCUT2D eigenvalue weighted by Gasteiger charge is -2.18. The average Bonchev–Trinajstić information content (AvgIpc) is 2.46. The molecule has 0 bridgehead atoms. The first-order valence-electron chi connectivity index (χ1n) is 6.49. The molecule has 0 aliphatic rings. The third-order valence-electron chi connectivity index (χ3n) is 3.02. The van der Waals surface area contributed by atoms with E-state index in [2.05, 4.69) is 22.8 Å². The number of nitrogens with one attached hydrogen (secondary N) is 2. The van der Waals surface area contributed by atoms with Crippen LogP contribution in [-0.2, 0) is 6.54 Å². The van der Waals surface area contributed by atoms with Crippen molar-refractivity contribution in [2.45, 2.75) is 19.5 Å². The maximum atomic E-state index is 6.17. The summed E-state index contributed by atoms with van der Waals surface area (Å²) < 4.78 is 0. The summed E-state index contributed by atoms with van der Waals surface area (Å²) in [6.07, 6.45) is 0. The summed E-state index contributed by atoms with van der Waals surface area (Å²) in [6.45, 7) is 2.75. The third kappa shape index (κ3) is 4.22. The lowest BCUT2D eigenvalue weighted by molar-refractivity contribution is 0.698. The fraction of sp³-hybridized carbons (Fsp3) is 0.188. The predicted molar refractivity (Wildman–Crippen MR) is 88.9 cm³/mol. The zero-order valence-corrected chi connectivity index (χ0v) is 12.8. The first kappa shape index (κ1) is 14.8. The summed E-state index contributed by atoms with van der Waals surface area (Å²) >= 11 is 11.5. The van der Waals surface area contributed by atoms with Crippen molar-refractivity contribution in [2.24, 2.45) is 0 Å². The Kier molecular flexibility index (Phi) is 5.39. The molecule has 2 aromatic rings. The number of rotatable bonds is 4. The van der Waals surface area contributed by atoms with E-state index in [4.69, 9.17) is 23.8 Å². The molecule has 0 fully saturated rings. The molecule has 104 valence electrons. The van der Waals surface area contributed by atoms with Gasteiger partial charge in [-0.15, -0.1) is 0 Å². The van der Waals surface area contributed by atoms with Crippen LogP contribution in [0.15, 0.2) is 54.6 Å². The van der Waals surface area contributed by atoms with Crippen LogP contribution < -0.4 is 10.6 Å². The molecule has 20 heavy (non-hydrogen) atoms. The smallest absolute Gasteiger partial charge is 0.167 e. The summed E-state index contributed by atoms with van der Waals surface area (Å²) in [4.78, 5) is 0. The van der Waals surface area contributed by atoms with E-state index < -0.39 is 0 Å². The number of thiocarbonyl (C=S) groups is 1. The van der Waals surface area contributed by atoms with Gasteiger partial charge in [0, 0.05) is 11.6 Å². The van der Waals surface area contributed by atoms with Crippen LogP contribution in [0.4, 0.5) is 0 Å². The molecule has 0 aliphatic heterocycles. The van der Waals surface area contributed by atoms with Crippen molar-refractivity contribution < 1.29 is 0 Å². The van der Waals surface area contributed by atoms with Gasteiger partial charge in [-0.1, -0.05) is 60.1 Å². The van der Waals surface area contributed by atoms with Crippen LogP contribution in [0, 0.1) is 0 Å². The molecule has 0 unspecified atom stereocenters. The summed E-state index contributed by atoms with van der Waals surface area (Å²) in [7, 11) is 0. The van der Waals surface area contributed by atoms with Crippen molar-refractivity contribution in [3.05, 3.63) is 70.7 Å². The van der Waals surface area contributed by atoms with Gasteiger partial charge in [-0.2, -0.15) is 0 Å². The van der Waals surface area contributed by atoms with Gasteiger partial charge in [-0.05, 0) is 36.3 Å². The quantitative estimate of drug-likeness (QED) is 0.833. The molecule has 4 heteroatoms.